The molecule has 2 aromatic rings. The summed E-state index contributed by atoms with van der Waals surface area (Å²) in [6.07, 6.45) is 6.08. The first-order valence-corrected chi connectivity index (χ1v) is 5.77. The fraction of sp³-hybridized carbons (Fsp3) is 0.167. The topological polar surface area (TPSA) is 74.5 Å². The Morgan fingerprint density at radius 3 is 3.11 bits per heavy atom. The van der Waals surface area contributed by atoms with E-state index in [0.717, 1.165) is 16.5 Å². The molecular formula is C12H10ClN5. The van der Waals surface area contributed by atoms with Crippen LogP contribution in [0.2, 0.25) is 5.15 Å². The van der Waals surface area contributed by atoms with Gasteiger partial charge in [0.25, 0.3) is 0 Å². The minimum Gasteiger partial charge on any atom is -0.236 e. The number of hydrogen-bond donors (Lipinski definition) is 0. The third-order valence-electron chi connectivity index (χ3n) is 2.38. The fourth-order valence-corrected chi connectivity index (χ4v) is 1.74. The van der Waals surface area contributed by atoms with Crippen molar-refractivity contribution in [1.82, 2.24) is 9.97 Å². The molecule has 0 N–H and O–H groups in total. The summed E-state index contributed by atoms with van der Waals surface area (Å²) in [5.41, 5.74) is 9.97. The van der Waals surface area contributed by atoms with Crippen molar-refractivity contribution in [2.75, 3.05) is 6.54 Å². The molecule has 0 aliphatic rings. The van der Waals surface area contributed by atoms with Crippen molar-refractivity contribution >= 4 is 28.6 Å². The molecule has 0 atom stereocenters. The zero-order chi connectivity index (χ0) is 12.8. The number of fused-ring (bicyclic) bond motifs is 1. The van der Waals surface area contributed by atoms with Crippen LogP contribution in [0.4, 0.5) is 0 Å². The Balaban J connectivity index is 2.17. The molecule has 0 saturated heterocycles. The van der Waals surface area contributed by atoms with E-state index in [1.54, 1.807) is 0 Å². The average Bonchev–Trinajstić information content (AvgIpc) is 2.39. The van der Waals surface area contributed by atoms with Crippen LogP contribution in [0.25, 0.3) is 27.4 Å². The lowest BCUT2D eigenvalue weighted by atomic mass is 10.1. The van der Waals surface area contributed by atoms with Gasteiger partial charge in [0.05, 0.1) is 5.52 Å². The van der Waals surface area contributed by atoms with Gasteiger partial charge in [-0.25, -0.2) is 9.97 Å². The van der Waals surface area contributed by atoms with Crippen molar-refractivity contribution < 1.29 is 0 Å². The summed E-state index contributed by atoms with van der Waals surface area (Å²) in [6, 6.07) is 5.78. The quantitative estimate of drug-likeness (QED) is 0.274. The van der Waals surface area contributed by atoms with E-state index in [1.165, 1.54) is 6.33 Å². The van der Waals surface area contributed by atoms with E-state index in [0.29, 0.717) is 18.1 Å². The second-order valence-electron chi connectivity index (χ2n) is 3.59. The number of aromatic nitrogens is 2. The number of hydrogen-bond acceptors (Lipinski definition) is 3. The Bertz CT molecular complexity index is 631. The maximum absolute atomic E-state index is 8.13. The number of benzene rings is 1. The summed E-state index contributed by atoms with van der Waals surface area (Å²) in [5, 5.41) is 4.75. The van der Waals surface area contributed by atoms with E-state index in [9.17, 15) is 0 Å². The maximum Gasteiger partial charge on any atom is 0.140 e. The van der Waals surface area contributed by atoms with Crippen LogP contribution in [0, 0.1) is 0 Å². The molecule has 18 heavy (non-hydrogen) atoms. The summed E-state index contributed by atoms with van der Waals surface area (Å²) in [6.45, 7) is 0.467. The van der Waals surface area contributed by atoms with Crippen LogP contribution in [-0.4, -0.2) is 16.5 Å². The third-order valence-corrected chi connectivity index (χ3v) is 2.68. The van der Waals surface area contributed by atoms with E-state index in [2.05, 4.69) is 20.0 Å². The van der Waals surface area contributed by atoms with E-state index >= 15 is 0 Å². The van der Waals surface area contributed by atoms with Gasteiger partial charge in [-0.05, 0) is 29.6 Å². The van der Waals surface area contributed by atoms with Crippen molar-refractivity contribution in [3.63, 3.8) is 0 Å². The molecule has 0 fully saturated rings. The molecule has 5 nitrogen and oxygen atoms in total. The molecule has 0 saturated carbocycles. The Morgan fingerprint density at radius 2 is 2.28 bits per heavy atom. The van der Waals surface area contributed by atoms with Gasteiger partial charge in [-0.3, -0.25) is 0 Å². The first-order valence-electron chi connectivity index (χ1n) is 5.39. The predicted molar refractivity (Wildman–Crippen MR) is 72.2 cm³/mol. The Hall–Kier alpha value is -2.10. The van der Waals surface area contributed by atoms with Crippen LogP contribution < -0.4 is 0 Å². The lowest BCUT2D eigenvalue weighted by molar-refractivity contribution is 0.996. The van der Waals surface area contributed by atoms with Gasteiger partial charge >= 0.3 is 0 Å². The summed E-state index contributed by atoms with van der Waals surface area (Å²) in [4.78, 5) is 10.8. The minimum atomic E-state index is 0.457. The van der Waals surface area contributed by atoms with Crippen molar-refractivity contribution in [3.05, 3.63) is 51.8 Å². The molecule has 1 aromatic heterocycles. The minimum absolute atomic E-state index is 0.457. The number of nitrogens with zero attached hydrogens (tertiary/aromatic N) is 5. The van der Waals surface area contributed by atoms with Crippen molar-refractivity contribution in [3.8, 4) is 0 Å². The van der Waals surface area contributed by atoms with Crippen LogP contribution in [0.1, 0.15) is 12.0 Å². The molecule has 0 unspecified atom stereocenters. The summed E-state index contributed by atoms with van der Waals surface area (Å²) in [5.74, 6) is 0. The first-order chi connectivity index (χ1) is 8.81. The molecule has 0 amide bonds. The van der Waals surface area contributed by atoms with Gasteiger partial charge < -0.3 is 0 Å². The SMILES string of the molecule is [N-]=[N+]=NCCC=Cc1ccc2c(Cl)ncnc2c1. The highest BCUT2D eigenvalue weighted by molar-refractivity contribution is 6.34. The van der Waals surface area contributed by atoms with Gasteiger partial charge in [0.2, 0.25) is 0 Å². The normalized spacial score (nSPS) is 10.7. The molecule has 0 aliphatic carbocycles. The van der Waals surface area contributed by atoms with Gasteiger partial charge in [0, 0.05) is 16.8 Å². The molecule has 1 aromatic carbocycles. The average molecular weight is 260 g/mol. The van der Waals surface area contributed by atoms with Gasteiger partial charge in [-0.1, -0.05) is 34.9 Å². The first kappa shape index (κ1) is 12.4. The predicted octanol–water partition coefficient (Wildman–Crippen LogP) is 4.00. The van der Waals surface area contributed by atoms with Gasteiger partial charge in [0.15, 0.2) is 0 Å². The zero-order valence-electron chi connectivity index (χ0n) is 9.49. The van der Waals surface area contributed by atoms with Crippen molar-refractivity contribution in [1.29, 1.82) is 0 Å². The Morgan fingerprint density at radius 1 is 1.39 bits per heavy atom. The van der Waals surface area contributed by atoms with Crippen LogP contribution in [0.3, 0.4) is 0 Å². The highest BCUT2D eigenvalue weighted by atomic mass is 35.5. The molecule has 90 valence electrons. The molecule has 0 spiro atoms. The second-order valence-corrected chi connectivity index (χ2v) is 3.94. The van der Waals surface area contributed by atoms with E-state index in [1.807, 2.05) is 30.4 Å². The highest BCUT2D eigenvalue weighted by Gasteiger charge is 2.00. The fourth-order valence-electron chi connectivity index (χ4n) is 1.54. The van der Waals surface area contributed by atoms with Gasteiger partial charge in [-0.15, -0.1) is 0 Å². The zero-order valence-corrected chi connectivity index (χ0v) is 10.2. The molecule has 6 heteroatoms. The van der Waals surface area contributed by atoms with Crippen molar-refractivity contribution in [2.45, 2.75) is 6.42 Å². The number of halogens is 1. The van der Waals surface area contributed by atoms with Crippen LogP contribution >= 0.6 is 11.6 Å². The summed E-state index contributed by atoms with van der Waals surface area (Å²) < 4.78 is 0. The number of azide groups is 1. The van der Waals surface area contributed by atoms with Crippen LogP contribution in [-0.2, 0) is 0 Å². The van der Waals surface area contributed by atoms with E-state index in [-0.39, 0.29) is 0 Å². The molecule has 2 rings (SSSR count). The van der Waals surface area contributed by atoms with E-state index in [4.69, 9.17) is 17.1 Å². The van der Waals surface area contributed by atoms with E-state index < -0.39 is 0 Å². The Labute approximate surface area is 109 Å². The maximum atomic E-state index is 8.13. The second kappa shape index (κ2) is 6.00. The monoisotopic (exact) mass is 259 g/mol. The van der Waals surface area contributed by atoms with Crippen molar-refractivity contribution in [2.24, 2.45) is 5.11 Å². The molecule has 0 aliphatic heterocycles. The summed E-state index contributed by atoms with van der Waals surface area (Å²) in [7, 11) is 0. The number of rotatable bonds is 4. The van der Waals surface area contributed by atoms with Crippen LogP contribution in [0.15, 0.2) is 35.7 Å². The molecule has 1 heterocycles. The highest BCUT2D eigenvalue weighted by Crippen LogP contribution is 2.20. The Kier molecular flexibility index (Phi) is 4.12. The van der Waals surface area contributed by atoms with Gasteiger partial charge in [-0.2, -0.15) is 0 Å². The van der Waals surface area contributed by atoms with Gasteiger partial charge in [0.1, 0.15) is 11.5 Å². The summed E-state index contributed by atoms with van der Waals surface area (Å²) >= 11 is 5.96. The molecule has 0 radical (unpaired) electrons. The lowest BCUT2D eigenvalue weighted by Crippen LogP contribution is -1.84. The standard InChI is InChI=1S/C12H10ClN5/c13-12-10-5-4-9(3-1-2-6-17-18-14)7-11(10)15-8-16-12/h1,3-5,7-8H,2,6H2. The van der Waals surface area contributed by atoms with Crippen LogP contribution in [0.5, 0.6) is 0 Å². The molecule has 0 bridgehead atoms. The largest absolute Gasteiger partial charge is 0.236 e. The molecular weight excluding hydrogens is 250 g/mol. The third kappa shape index (κ3) is 2.97. The lowest BCUT2D eigenvalue weighted by Gasteiger charge is -1.99. The smallest absolute Gasteiger partial charge is 0.140 e.